The van der Waals surface area contributed by atoms with E-state index in [4.69, 9.17) is 11.6 Å². The lowest BCUT2D eigenvalue weighted by Gasteiger charge is -2.22. The molecular formula is C12H16ClN3O2. The number of pyridine rings is 1. The fraction of sp³-hybridized carbons (Fsp3) is 0.583. The third-order valence-corrected chi connectivity index (χ3v) is 3.20. The fourth-order valence-corrected chi connectivity index (χ4v) is 2.10. The van der Waals surface area contributed by atoms with Crippen molar-refractivity contribution in [1.29, 1.82) is 0 Å². The molecule has 0 radical (unpaired) electrons. The summed E-state index contributed by atoms with van der Waals surface area (Å²) in [5.74, 6) is 1.05. The van der Waals surface area contributed by atoms with Crippen LogP contribution in [0.5, 0.6) is 0 Å². The number of rotatable bonds is 6. The van der Waals surface area contributed by atoms with E-state index >= 15 is 0 Å². The minimum Gasteiger partial charge on any atom is -0.351 e. The highest BCUT2D eigenvalue weighted by Crippen LogP contribution is 2.34. The Hall–Kier alpha value is -1.36. The molecule has 0 N–H and O–H groups in total. The summed E-state index contributed by atoms with van der Waals surface area (Å²) in [5.41, 5.74) is 0.0356. The largest absolute Gasteiger partial charge is 0.351 e. The number of nitrogens with zero attached hydrogens (tertiary/aromatic N) is 3. The van der Waals surface area contributed by atoms with E-state index in [0.717, 1.165) is 19.5 Å². The first-order chi connectivity index (χ1) is 8.61. The van der Waals surface area contributed by atoms with Gasteiger partial charge in [-0.15, -0.1) is 0 Å². The quantitative estimate of drug-likeness (QED) is 0.452. The highest BCUT2D eigenvalue weighted by Gasteiger charge is 2.28. The molecule has 18 heavy (non-hydrogen) atoms. The van der Waals surface area contributed by atoms with Crippen molar-refractivity contribution in [3.8, 4) is 0 Å². The summed E-state index contributed by atoms with van der Waals surface area (Å²) in [5, 5.41) is 11.3. The highest BCUT2D eigenvalue weighted by atomic mass is 35.5. The highest BCUT2D eigenvalue weighted by molar-refractivity contribution is 6.29. The summed E-state index contributed by atoms with van der Waals surface area (Å²) < 4.78 is 0. The molecule has 0 spiro atoms. The lowest BCUT2D eigenvalue weighted by Crippen LogP contribution is -2.28. The van der Waals surface area contributed by atoms with Crippen LogP contribution >= 0.6 is 11.6 Å². The summed E-state index contributed by atoms with van der Waals surface area (Å²) in [6.07, 6.45) is 3.33. The van der Waals surface area contributed by atoms with Gasteiger partial charge in [-0.3, -0.25) is 10.1 Å². The van der Waals surface area contributed by atoms with Crippen molar-refractivity contribution in [3.63, 3.8) is 0 Å². The van der Waals surface area contributed by atoms with Gasteiger partial charge >= 0.3 is 5.69 Å². The van der Waals surface area contributed by atoms with Crippen LogP contribution in [-0.2, 0) is 0 Å². The van der Waals surface area contributed by atoms with Gasteiger partial charge in [-0.05, 0) is 31.2 Å². The topological polar surface area (TPSA) is 59.3 Å². The molecule has 1 fully saturated rings. The Morgan fingerprint density at radius 1 is 1.56 bits per heavy atom. The van der Waals surface area contributed by atoms with Gasteiger partial charge < -0.3 is 4.90 Å². The van der Waals surface area contributed by atoms with Gasteiger partial charge in [0.2, 0.25) is 5.82 Å². The van der Waals surface area contributed by atoms with E-state index in [1.54, 1.807) is 0 Å². The summed E-state index contributed by atoms with van der Waals surface area (Å²) in [6, 6.07) is 2.89. The molecule has 0 aromatic carbocycles. The predicted molar refractivity (Wildman–Crippen MR) is 71.1 cm³/mol. The maximum absolute atomic E-state index is 11.0. The fourth-order valence-electron chi connectivity index (χ4n) is 1.96. The third kappa shape index (κ3) is 3.10. The smallest absolute Gasteiger partial charge is 0.311 e. The number of halogens is 1. The van der Waals surface area contributed by atoms with Crippen molar-refractivity contribution in [2.24, 2.45) is 5.92 Å². The number of hydrogen-bond acceptors (Lipinski definition) is 4. The summed E-state index contributed by atoms with van der Waals surface area (Å²) >= 11 is 5.86. The molecule has 0 aliphatic heterocycles. The van der Waals surface area contributed by atoms with Crippen LogP contribution in [0.25, 0.3) is 0 Å². The summed E-state index contributed by atoms with van der Waals surface area (Å²) in [7, 11) is 0. The van der Waals surface area contributed by atoms with E-state index in [1.165, 1.54) is 25.0 Å². The summed E-state index contributed by atoms with van der Waals surface area (Å²) in [6.45, 7) is 3.66. The Labute approximate surface area is 111 Å². The van der Waals surface area contributed by atoms with E-state index in [0.29, 0.717) is 16.9 Å². The van der Waals surface area contributed by atoms with Gasteiger partial charge in [-0.1, -0.05) is 18.5 Å². The van der Waals surface area contributed by atoms with Crippen LogP contribution in [0.1, 0.15) is 26.2 Å². The molecule has 0 bridgehead atoms. The number of anilines is 1. The summed E-state index contributed by atoms with van der Waals surface area (Å²) in [4.78, 5) is 16.8. The van der Waals surface area contributed by atoms with E-state index in [1.807, 2.05) is 4.90 Å². The van der Waals surface area contributed by atoms with E-state index in [9.17, 15) is 10.1 Å². The third-order valence-electron chi connectivity index (χ3n) is 2.99. The van der Waals surface area contributed by atoms with Crippen LogP contribution in [0.4, 0.5) is 11.5 Å². The molecule has 98 valence electrons. The molecule has 1 saturated carbocycles. The predicted octanol–water partition coefficient (Wildman–Crippen LogP) is 3.27. The van der Waals surface area contributed by atoms with Gasteiger partial charge in [0.25, 0.3) is 0 Å². The van der Waals surface area contributed by atoms with E-state index < -0.39 is 4.92 Å². The lowest BCUT2D eigenvalue weighted by atomic mass is 10.3. The van der Waals surface area contributed by atoms with E-state index in [-0.39, 0.29) is 5.69 Å². The Kier molecular flexibility index (Phi) is 4.01. The van der Waals surface area contributed by atoms with Crippen molar-refractivity contribution in [2.75, 3.05) is 18.0 Å². The number of hydrogen-bond donors (Lipinski definition) is 0. The molecule has 1 aliphatic carbocycles. The second kappa shape index (κ2) is 5.52. The molecule has 0 unspecified atom stereocenters. The zero-order valence-electron chi connectivity index (χ0n) is 10.3. The molecule has 1 aliphatic rings. The Morgan fingerprint density at radius 3 is 2.83 bits per heavy atom. The van der Waals surface area contributed by atoms with Crippen molar-refractivity contribution in [1.82, 2.24) is 4.98 Å². The van der Waals surface area contributed by atoms with Crippen molar-refractivity contribution in [3.05, 3.63) is 27.4 Å². The van der Waals surface area contributed by atoms with Crippen molar-refractivity contribution >= 4 is 23.1 Å². The lowest BCUT2D eigenvalue weighted by molar-refractivity contribution is -0.384. The molecular weight excluding hydrogens is 254 g/mol. The zero-order chi connectivity index (χ0) is 13.1. The molecule has 2 rings (SSSR count). The first-order valence-corrected chi connectivity index (χ1v) is 6.55. The van der Waals surface area contributed by atoms with Crippen LogP contribution in [0.2, 0.25) is 5.15 Å². The van der Waals surface area contributed by atoms with Gasteiger partial charge in [-0.25, -0.2) is 4.98 Å². The van der Waals surface area contributed by atoms with Gasteiger partial charge in [0.1, 0.15) is 5.15 Å². The van der Waals surface area contributed by atoms with Crippen LogP contribution in [0.3, 0.4) is 0 Å². The Balaban J connectivity index is 2.30. The first-order valence-electron chi connectivity index (χ1n) is 6.17. The van der Waals surface area contributed by atoms with Crippen LogP contribution in [0, 0.1) is 16.0 Å². The standard InChI is InChI=1S/C12H16ClN3O2/c1-2-7-15(8-9-3-4-9)12-10(16(17)18)5-6-11(13)14-12/h5-6,9H,2-4,7-8H2,1H3. The maximum atomic E-state index is 11.0. The van der Waals surface area contributed by atoms with Crippen LogP contribution < -0.4 is 4.90 Å². The second-order valence-electron chi connectivity index (χ2n) is 4.62. The average Bonchev–Trinajstić information content (AvgIpc) is 3.12. The van der Waals surface area contributed by atoms with Crippen molar-refractivity contribution in [2.45, 2.75) is 26.2 Å². The molecule has 1 heterocycles. The molecule has 0 atom stereocenters. The maximum Gasteiger partial charge on any atom is 0.311 e. The van der Waals surface area contributed by atoms with Crippen molar-refractivity contribution < 1.29 is 4.92 Å². The SMILES string of the molecule is CCCN(CC1CC1)c1nc(Cl)ccc1[N+](=O)[O-]. The minimum atomic E-state index is -0.395. The van der Waals surface area contributed by atoms with Crippen LogP contribution in [0.15, 0.2) is 12.1 Å². The monoisotopic (exact) mass is 269 g/mol. The normalized spacial score (nSPS) is 14.6. The Morgan fingerprint density at radius 2 is 2.28 bits per heavy atom. The number of nitro groups is 1. The second-order valence-corrected chi connectivity index (χ2v) is 5.01. The number of aromatic nitrogens is 1. The molecule has 6 heteroatoms. The zero-order valence-corrected chi connectivity index (χ0v) is 11.1. The molecule has 5 nitrogen and oxygen atoms in total. The molecule has 1 aromatic rings. The molecule has 0 amide bonds. The average molecular weight is 270 g/mol. The van der Waals surface area contributed by atoms with Gasteiger partial charge in [0.15, 0.2) is 0 Å². The van der Waals surface area contributed by atoms with Gasteiger partial charge in [0, 0.05) is 19.2 Å². The van der Waals surface area contributed by atoms with E-state index in [2.05, 4.69) is 11.9 Å². The van der Waals surface area contributed by atoms with Gasteiger partial charge in [-0.2, -0.15) is 0 Å². The molecule has 1 aromatic heterocycles. The van der Waals surface area contributed by atoms with Crippen LogP contribution in [-0.4, -0.2) is 23.0 Å². The first kappa shape index (κ1) is 13.1. The Bertz CT molecular complexity index is 449. The van der Waals surface area contributed by atoms with Gasteiger partial charge in [0.05, 0.1) is 4.92 Å². The minimum absolute atomic E-state index is 0.0356. The molecule has 0 saturated heterocycles.